The second-order valence-corrected chi connectivity index (χ2v) is 7.85. The highest BCUT2D eigenvalue weighted by molar-refractivity contribution is 6.34. The molecule has 0 aliphatic heterocycles. The molecule has 0 atom stereocenters. The Kier molecular flexibility index (Phi) is 8.22. The number of rotatable bonds is 7. The fourth-order valence-corrected chi connectivity index (χ4v) is 2.35. The van der Waals surface area contributed by atoms with E-state index in [0.717, 1.165) is 0 Å². The first kappa shape index (κ1) is 26.0. The minimum absolute atomic E-state index is 0.00378. The number of halogens is 4. The lowest BCUT2D eigenvalue weighted by Crippen LogP contribution is -2.34. The summed E-state index contributed by atoms with van der Waals surface area (Å²) in [4.78, 5) is 36.3. The quantitative estimate of drug-likeness (QED) is 0.161. The fourth-order valence-electron chi connectivity index (χ4n) is 2.13. The van der Waals surface area contributed by atoms with Gasteiger partial charge >= 0.3 is 12.1 Å². The molecule has 6 N–H and O–H groups in total. The molecule has 1 aromatic carbocycles. The van der Waals surface area contributed by atoms with Crippen molar-refractivity contribution in [2.45, 2.75) is 33.5 Å². The lowest BCUT2D eigenvalue weighted by molar-refractivity contribution is -0.138. The molecular formula is C19H22ClF3N4O4. The van der Waals surface area contributed by atoms with Crippen LogP contribution in [0.15, 0.2) is 29.5 Å². The van der Waals surface area contributed by atoms with Crippen LogP contribution in [0.5, 0.6) is 0 Å². The van der Waals surface area contributed by atoms with Gasteiger partial charge in [-0.2, -0.15) is 13.2 Å². The predicted molar refractivity (Wildman–Crippen MR) is 107 cm³/mol. The van der Waals surface area contributed by atoms with Gasteiger partial charge in [0.2, 0.25) is 11.7 Å². The molecule has 0 fully saturated rings. The molecule has 0 unspecified atom stereocenters. The van der Waals surface area contributed by atoms with Gasteiger partial charge in [0.25, 0.3) is 0 Å². The van der Waals surface area contributed by atoms with E-state index in [2.05, 4.69) is 10.1 Å². The van der Waals surface area contributed by atoms with Crippen LogP contribution in [-0.2, 0) is 20.9 Å². The molecule has 0 bridgehead atoms. The van der Waals surface area contributed by atoms with Gasteiger partial charge in [-0.25, -0.2) is 4.79 Å². The Hall–Kier alpha value is -3.08. The third-order valence-electron chi connectivity index (χ3n) is 3.85. The zero-order valence-corrected chi connectivity index (χ0v) is 17.7. The van der Waals surface area contributed by atoms with Crippen molar-refractivity contribution in [2.75, 3.05) is 6.61 Å². The molecule has 31 heavy (non-hydrogen) atoms. The second-order valence-electron chi connectivity index (χ2n) is 7.45. The van der Waals surface area contributed by atoms with Gasteiger partial charge in [0.15, 0.2) is 6.61 Å². The Morgan fingerprint density at radius 2 is 1.74 bits per heavy atom. The Balaban J connectivity index is 2.96. The number of amidine groups is 1. The third-order valence-corrected chi connectivity index (χ3v) is 4.18. The summed E-state index contributed by atoms with van der Waals surface area (Å²) in [6.45, 7) is 4.29. The van der Waals surface area contributed by atoms with E-state index in [1.807, 2.05) is 0 Å². The molecule has 1 amide bonds. The highest BCUT2D eigenvalue weighted by atomic mass is 35.5. The smallest absolute Gasteiger partial charge is 0.431 e. The number of carbonyl (C=O) groups is 3. The maximum Gasteiger partial charge on any atom is 0.431 e. The maximum absolute atomic E-state index is 12.7. The number of carbonyl (C=O) groups excluding carboxylic acids is 3. The molecule has 0 heterocycles. The van der Waals surface area contributed by atoms with Crippen LogP contribution in [-0.4, -0.2) is 36.3 Å². The molecule has 8 nitrogen and oxygen atoms in total. The number of alkyl halides is 3. The van der Waals surface area contributed by atoms with Crippen LogP contribution in [0.2, 0.25) is 5.02 Å². The number of ether oxygens (including phenoxy) is 1. The van der Waals surface area contributed by atoms with E-state index in [0.29, 0.717) is 5.56 Å². The van der Waals surface area contributed by atoms with Crippen LogP contribution in [0.25, 0.3) is 0 Å². The van der Waals surface area contributed by atoms with Gasteiger partial charge in [-0.1, -0.05) is 38.4 Å². The standard InChI is InChI=1S/C19H22ClF3N4O4/c1-18(2,3)17(30)27-7-9-4-5-11(20)10(6-9)12(28)8-31-16(29)13(15(25)26)14(24)19(21,22)23/h4-6H,7-8,24H2,1-3H3,(H3,25,26)(H,27,30). The van der Waals surface area contributed by atoms with Crippen LogP contribution < -0.4 is 16.8 Å². The fraction of sp³-hybridized carbons (Fsp3) is 0.368. The molecule has 0 aliphatic carbocycles. The molecule has 12 heteroatoms. The monoisotopic (exact) mass is 462 g/mol. The minimum Gasteiger partial charge on any atom is -0.454 e. The summed E-state index contributed by atoms with van der Waals surface area (Å²) in [7, 11) is 0. The number of allylic oxidation sites excluding steroid dienone is 1. The van der Waals surface area contributed by atoms with Crippen LogP contribution in [0, 0.1) is 10.8 Å². The van der Waals surface area contributed by atoms with E-state index in [1.165, 1.54) is 12.1 Å². The Morgan fingerprint density at radius 1 is 1.16 bits per heavy atom. The zero-order chi connectivity index (χ0) is 24.1. The van der Waals surface area contributed by atoms with Gasteiger partial charge < -0.3 is 21.5 Å². The van der Waals surface area contributed by atoms with E-state index in [1.54, 1.807) is 26.8 Å². The van der Waals surface area contributed by atoms with Crippen molar-refractivity contribution in [3.63, 3.8) is 0 Å². The number of hydrogen-bond donors (Lipinski definition) is 4. The van der Waals surface area contributed by atoms with Crippen molar-refractivity contribution in [1.29, 1.82) is 5.41 Å². The van der Waals surface area contributed by atoms with Gasteiger partial charge in [-0.05, 0) is 17.7 Å². The summed E-state index contributed by atoms with van der Waals surface area (Å²) in [5.74, 6) is -3.99. The molecule has 0 aliphatic rings. The topological polar surface area (TPSA) is 148 Å². The van der Waals surface area contributed by atoms with Crippen LogP contribution in [0.3, 0.4) is 0 Å². The average Bonchev–Trinajstić information content (AvgIpc) is 2.63. The Labute approximate surface area is 181 Å². The number of benzene rings is 1. The van der Waals surface area contributed by atoms with Gasteiger partial charge in [0, 0.05) is 17.5 Å². The molecule has 0 spiro atoms. The molecule has 0 saturated carbocycles. The SMILES string of the molecule is CC(C)(C)C(=O)NCc1ccc(Cl)c(C(=O)COC(=O)C(C(=N)N)=C(N)C(F)(F)F)c1. The summed E-state index contributed by atoms with van der Waals surface area (Å²) in [5.41, 5.74) is 6.34. The molecule has 1 rings (SSSR count). The second kappa shape index (κ2) is 9.82. The van der Waals surface area contributed by atoms with Crippen LogP contribution in [0.4, 0.5) is 13.2 Å². The number of nitrogens with two attached hydrogens (primary N) is 2. The molecule has 1 aromatic rings. The predicted octanol–water partition coefficient (Wildman–Crippen LogP) is 2.44. The van der Waals surface area contributed by atoms with Crippen LogP contribution >= 0.6 is 11.6 Å². The van der Waals surface area contributed by atoms with Crippen molar-refractivity contribution < 1.29 is 32.3 Å². The van der Waals surface area contributed by atoms with Gasteiger partial charge in [0.1, 0.15) is 17.1 Å². The molecule has 170 valence electrons. The lowest BCUT2D eigenvalue weighted by atomic mass is 9.95. The number of nitrogens with one attached hydrogen (secondary N) is 2. The van der Waals surface area contributed by atoms with E-state index in [4.69, 9.17) is 28.5 Å². The molecular weight excluding hydrogens is 441 g/mol. The van der Waals surface area contributed by atoms with Gasteiger partial charge in [-0.15, -0.1) is 0 Å². The van der Waals surface area contributed by atoms with E-state index in [9.17, 15) is 27.6 Å². The maximum atomic E-state index is 12.7. The van der Waals surface area contributed by atoms with Crippen molar-refractivity contribution in [1.82, 2.24) is 5.32 Å². The number of hydrogen-bond acceptors (Lipinski definition) is 6. The van der Waals surface area contributed by atoms with Crippen molar-refractivity contribution in [3.8, 4) is 0 Å². The average molecular weight is 463 g/mol. The van der Waals surface area contributed by atoms with E-state index in [-0.39, 0.29) is 23.0 Å². The van der Waals surface area contributed by atoms with Crippen molar-refractivity contribution >= 4 is 35.1 Å². The number of ketones is 1. The first-order valence-corrected chi connectivity index (χ1v) is 9.12. The molecule has 0 saturated heterocycles. The summed E-state index contributed by atoms with van der Waals surface area (Å²) in [6.07, 6.45) is -5.13. The first-order valence-electron chi connectivity index (χ1n) is 8.74. The summed E-state index contributed by atoms with van der Waals surface area (Å²) >= 11 is 5.98. The summed E-state index contributed by atoms with van der Waals surface area (Å²) in [5, 5.41) is 9.82. The molecule has 0 radical (unpaired) electrons. The van der Waals surface area contributed by atoms with Crippen molar-refractivity contribution in [3.05, 3.63) is 45.6 Å². The van der Waals surface area contributed by atoms with Crippen molar-refractivity contribution in [2.24, 2.45) is 16.9 Å². The highest BCUT2D eigenvalue weighted by Gasteiger charge is 2.38. The minimum atomic E-state index is -5.13. The van der Waals surface area contributed by atoms with Crippen LogP contribution in [0.1, 0.15) is 36.7 Å². The molecule has 0 aromatic heterocycles. The Bertz CT molecular complexity index is 937. The van der Waals surface area contributed by atoms with Gasteiger partial charge in [0.05, 0.1) is 5.02 Å². The summed E-state index contributed by atoms with van der Waals surface area (Å²) in [6, 6.07) is 4.31. The lowest BCUT2D eigenvalue weighted by Gasteiger charge is -2.18. The third kappa shape index (κ3) is 7.28. The van der Waals surface area contributed by atoms with Gasteiger partial charge in [-0.3, -0.25) is 15.0 Å². The highest BCUT2D eigenvalue weighted by Crippen LogP contribution is 2.25. The number of amides is 1. The Morgan fingerprint density at radius 3 is 2.23 bits per heavy atom. The zero-order valence-electron chi connectivity index (χ0n) is 16.9. The number of esters is 1. The normalized spacial score (nSPS) is 12.6. The number of Topliss-reactive ketones (excluding diaryl/α,β-unsaturated/α-hetero) is 1. The van der Waals surface area contributed by atoms with E-state index >= 15 is 0 Å². The first-order chi connectivity index (χ1) is 14.1. The van der Waals surface area contributed by atoms with E-state index < -0.39 is 47.1 Å². The largest absolute Gasteiger partial charge is 0.454 e. The summed E-state index contributed by atoms with van der Waals surface area (Å²) < 4.78 is 42.7.